The van der Waals surface area contributed by atoms with Gasteiger partial charge in [-0.15, -0.1) is 0 Å². The lowest BCUT2D eigenvalue weighted by Crippen LogP contribution is -2.23. The van der Waals surface area contributed by atoms with E-state index in [1.54, 1.807) is 6.33 Å². The van der Waals surface area contributed by atoms with Crippen molar-refractivity contribution >= 4 is 11.6 Å². The van der Waals surface area contributed by atoms with E-state index in [9.17, 15) is 0 Å². The Bertz CT molecular complexity index is 574. The van der Waals surface area contributed by atoms with Crippen LogP contribution in [-0.2, 0) is 12.8 Å². The van der Waals surface area contributed by atoms with E-state index in [0.717, 1.165) is 31.7 Å². The molecule has 0 atom stereocenters. The maximum atomic E-state index is 4.62. The van der Waals surface area contributed by atoms with Crippen LogP contribution in [0.1, 0.15) is 24.1 Å². The van der Waals surface area contributed by atoms with Crippen molar-refractivity contribution in [2.45, 2.75) is 25.7 Å². The van der Waals surface area contributed by atoms with Crippen molar-refractivity contribution in [2.75, 3.05) is 32.5 Å². The van der Waals surface area contributed by atoms with Crippen LogP contribution >= 0.6 is 0 Å². The Morgan fingerprint density at radius 3 is 3.00 bits per heavy atom. The Morgan fingerprint density at radius 2 is 2.16 bits per heavy atom. The van der Waals surface area contributed by atoms with Crippen molar-refractivity contribution in [1.29, 1.82) is 0 Å². The molecule has 0 radical (unpaired) electrons. The maximum Gasteiger partial charge on any atom is 0.254 e. The first kappa shape index (κ1) is 12.3. The number of nitrogens with one attached hydrogen (secondary N) is 1. The van der Waals surface area contributed by atoms with Crippen LogP contribution in [0.5, 0.6) is 0 Å². The van der Waals surface area contributed by atoms with E-state index < -0.39 is 0 Å². The first-order valence-electron chi connectivity index (χ1n) is 6.86. The molecule has 3 rings (SSSR count). The molecule has 19 heavy (non-hydrogen) atoms. The van der Waals surface area contributed by atoms with Crippen LogP contribution in [0.2, 0.25) is 0 Å². The van der Waals surface area contributed by atoms with Crippen LogP contribution in [0.25, 0.3) is 5.78 Å². The molecular weight excluding hydrogens is 240 g/mol. The zero-order valence-electron chi connectivity index (χ0n) is 11.6. The Morgan fingerprint density at radius 1 is 1.32 bits per heavy atom. The van der Waals surface area contributed by atoms with E-state index in [1.165, 1.54) is 24.1 Å². The topological polar surface area (TPSA) is 58.3 Å². The van der Waals surface area contributed by atoms with Gasteiger partial charge in [0.25, 0.3) is 5.78 Å². The Kier molecular flexibility index (Phi) is 3.33. The third-order valence-electron chi connectivity index (χ3n) is 3.55. The predicted octanol–water partition coefficient (Wildman–Crippen LogP) is 0.977. The maximum absolute atomic E-state index is 4.62. The molecule has 2 heterocycles. The van der Waals surface area contributed by atoms with Gasteiger partial charge in [0, 0.05) is 18.7 Å². The molecule has 0 saturated heterocycles. The summed E-state index contributed by atoms with van der Waals surface area (Å²) in [5, 5.41) is 7.80. The highest BCUT2D eigenvalue weighted by Crippen LogP contribution is 2.26. The Hall–Kier alpha value is -1.69. The molecule has 0 saturated carbocycles. The van der Waals surface area contributed by atoms with Crippen molar-refractivity contribution in [1.82, 2.24) is 24.5 Å². The number of likely N-dealkylation sites (N-methyl/N-ethyl adjacent to an activating group) is 1. The van der Waals surface area contributed by atoms with Crippen LogP contribution < -0.4 is 5.32 Å². The lowest BCUT2D eigenvalue weighted by atomic mass is 9.96. The van der Waals surface area contributed by atoms with E-state index >= 15 is 0 Å². The van der Waals surface area contributed by atoms with E-state index in [4.69, 9.17) is 0 Å². The van der Waals surface area contributed by atoms with Gasteiger partial charge < -0.3 is 10.2 Å². The minimum absolute atomic E-state index is 0.702. The summed E-state index contributed by atoms with van der Waals surface area (Å²) >= 11 is 0. The van der Waals surface area contributed by atoms with Crippen molar-refractivity contribution in [3.8, 4) is 0 Å². The first-order valence-corrected chi connectivity index (χ1v) is 6.86. The summed E-state index contributed by atoms with van der Waals surface area (Å²) in [6.07, 6.45) is 6.17. The number of anilines is 1. The second-order valence-electron chi connectivity index (χ2n) is 5.29. The van der Waals surface area contributed by atoms with E-state index in [-0.39, 0.29) is 0 Å². The summed E-state index contributed by atoms with van der Waals surface area (Å²) in [6.45, 7) is 1.89. The van der Waals surface area contributed by atoms with Gasteiger partial charge in [0.15, 0.2) is 0 Å². The molecular formula is C13H20N6. The zero-order valence-corrected chi connectivity index (χ0v) is 11.6. The van der Waals surface area contributed by atoms with Crippen molar-refractivity contribution in [3.05, 3.63) is 17.6 Å². The van der Waals surface area contributed by atoms with Crippen molar-refractivity contribution in [2.24, 2.45) is 0 Å². The highest BCUT2D eigenvalue weighted by Gasteiger charge is 2.19. The molecule has 0 amide bonds. The first-order chi connectivity index (χ1) is 9.25. The summed E-state index contributed by atoms with van der Waals surface area (Å²) in [4.78, 5) is 11.0. The molecule has 0 spiro atoms. The van der Waals surface area contributed by atoms with Gasteiger partial charge in [-0.3, -0.25) is 0 Å². The fourth-order valence-electron chi connectivity index (χ4n) is 2.57. The second-order valence-corrected chi connectivity index (χ2v) is 5.29. The summed E-state index contributed by atoms with van der Waals surface area (Å²) in [6, 6.07) is 0. The van der Waals surface area contributed by atoms with Crippen LogP contribution in [0, 0.1) is 0 Å². The van der Waals surface area contributed by atoms with Gasteiger partial charge in [0.1, 0.15) is 12.1 Å². The van der Waals surface area contributed by atoms with Crippen LogP contribution in [0.4, 0.5) is 5.82 Å². The molecule has 0 bridgehead atoms. The van der Waals surface area contributed by atoms with Crippen LogP contribution in [-0.4, -0.2) is 51.7 Å². The predicted molar refractivity (Wildman–Crippen MR) is 74.5 cm³/mol. The molecule has 0 aliphatic heterocycles. The van der Waals surface area contributed by atoms with Gasteiger partial charge >= 0.3 is 0 Å². The molecule has 6 heteroatoms. The third-order valence-corrected chi connectivity index (χ3v) is 3.55. The molecule has 0 fully saturated rings. The fourth-order valence-corrected chi connectivity index (χ4v) is 2.57. The molecule has 1 aliphatic rings. The largest absolute Gasteiger partial charge is 0.368 e. The van der Waals surface area contributed by atoms with Gasteiger partial charge in [-0.1, -0.05) is 0 Å². The third kappa shape index (κ3) is 2.40. The number of hydrogen-bond acceptors (Lipinski definition) is 5. The SMILES string of the molecule is CN(C)CCNc1c2c(nc3ncnn13)CCCC2. The number of hydrogen-bond donors (Lipinski definition) is 1. The number of nitrogens with zero attached hydrogens (tertiary/aromatic N) is 5. The summed E-state index contributed by atoms with van der Waals surface area (Å²) in [5.41, 5.74) is 2.52. The Labute approximate surface area is 112 Å². The minimum atomic E-state index is 0.702. The minimum Gasteiger partial charge on any atom is -0.368 e. The van der Waals surface area contributed by atoms with Crippen molar-refractivity contribution < 1.29 is 0 Å². The zero-order chi connectivity index (χ0) is 13.2. The van der Waals surface area contributed by atoms with E-state index in [1.807, 2.05) is 4.52 Å². The molecule has 1 aliphatic carbocycles. The molecule has 2 aromatic heterocycles. The molecule has 0 unspecified atom stereocenters. The Balaban J connectivity index is 1.96. The molecule has 102 valence electrons. The quantitative estimate of drug-likeness (QED) is 0.888. The van der Waals surface area contributed by atoms with Gasteiger partial charge in [-0.05, 0) is 39.8 Å². The lowest BCUT2D eigenvalue weighted by Gasteiger charge is -2.20. The van der Waals surface area contributed by atoms with E-state index in [2.05, 4.69) is 39.4 Å². The smallest absolute Gasteiger partial charge is 0.254 e. The number of fused-ring (bicyclic) bond motifs is 2. The standard InChI is InChI=1S/C13H20N6/c1-18(2)8-7-14-12-10-5-3-4-6-11(10)17-13-15-9-16-19(12)13/h9,14H,3-8H2,1-2H3. The van der Waals surface area contributed by atoms with Crippen LogP contribution in [0.3, 0.4) is 0 Å². The summed E-state index contributed by atoms with van der Waals surface area (Å²) < 4.78 is 1.83. The molecule has 0 aromatic carbocycles. The molecule has 1 N–H and O–H groups in total. The molecule has 6 nitrogen and oxygen atoms in total. The monoisotopic (exact) mass is 260 g/mol. The number of aromatic nitrogens is 4. The summed E-state index contributed by atoms with van der Waals surface area (Å²) in [5.74, 6) is 1.78. The van der Waals surface area contributed by atoms with Gasteiger partial charge in [0.05, 0.1) is 5.69 Å². The molecule has 2 aromatic rings. The average molecular weight is 260 g/mol. The fraction of sp³-hybridized carbons (Fsp3) is 0.615. The number of aryl methyl sites for hydroxylation is 1. The van der Waals surface area contributed by atoms with Gasteiger partial charge in [-0.2, -0.15) is 14.6 Å². The second kappa shape index (κ2) is 5.13. The van der Waals surface area contributed by atoms with Gasteiger partial charge in [-0.25, -0.2) is 4.98 Å². The highest BCUT2D eigenvalue weighted by atomic mass is 15.4. The van der Waals surface area contributed by atoms with Crippen molar-refractivity contribution in [3.63, 3.8) is 0 Å². The summed E-state index contributed by atoms with van der Waals surface area (Å²) in [7, 11) is 4.16. The van der Waals surface area contributed by atoms with E-state index in [0.29, 0.717) is 5.78 Å². The normalized spacial score (nSPS) is 14.9. The number of rotatable bonds is 4. The lowest BCUT2D eigenvalue weighted by molar-refractivity contribution is 0.425. The highest BCUT2D eigenvalue weighted by molar-refractivity contribution is 5.53. The average Bonchev–Trinajstić information content (AvgIpc) is 2.85. The van der Waals surface area contributed by atoms with Gasteiger partial charge in [0.2, 0.25) is 0 Å². The van der Waals surface area contributed by atoms with Crippen LogP contribution in [0.15, 0.2) is 6.33 Å².